The lowest BCUT2D eigenvalue weighted by molar-refractivity contribution is 0.100. The first-order chi connectivity index (χ1) is 8.49. The summed E-state index contributed by atoms with van der Waals surface area (Å²) in [5.74, 6) is -0.624. The summed E-state index contributed by atoms with van der Waals surface area (Å²) in [6, 6.07) is 1.28. The third kappa shape index (κ3) is 3.08. The van der Waals surface area contributed by atoms with Crippen molar-refractivity contribution < 1.29 is 17.9 Å². The Labute approximate surface area is 109 Å². The molecular formula is C10H14N2O4S2. The van der Waals surface area contributed by atoms with E-state index >= 15 is 0 Å². The Balaban J connectivity index is 2.02. The van der Waals surface area contributed by atoms with Crippen molar-refractivity contribution in [2.45, 2.75) is 23.8 Å². The molecule has 1 aromatic heterocycles. The van der Waals surface area contributed by atoms with Gasteiger partial charge in [0.1, 0.15) is 0 Å². The fourth-order valence-electron chi connectivity index (χ4n) is 1.68. The number of amides is 1. The highest BCUT2D eigenvalue weighted by atomic mass is 32.2. The van der Waals surface area contributed by atoms with E-state index in [1.54, 1.807) is 0 Å². The van der Waals surface area contributed by atoms with Crippen molar-refractivity contribution in [2.75, 3.05) is 13.2 Å². The number of nitrogens with one attached hydrogen (secondary N) is 1. The third-order valence-corrected chi connectivity index (χ3v) is 5.15. The van der Waals surface area contributed by atoms with Gasteiger partial charge in [-0.2, -0.15) is 0 Å². The Hall–Kier alpha value is -0.960. The number of sulfonamides is 1. The molecule has 6 nitrogen and oxygen atoms in total. The van der Waals surface area contributed by atoms with Crippen molar-refractivity contribution in [1.29, 1.82) is 0 Å². The van der Waals surface area contributed by atoms with E-state index in [0.717, 1.165) is 24.2 Å². The largest absolute Gasteiger partial charge is 0.377 e. The molecule has 0 aliphatic carbocycles. The van der Waals surface area contributed by atoms with E-state index in [1.165, 1.54) is 11.4 Å². The van der Waals surface area contributed by atoms with Crippen molar-refractivity contribution >= 4 is 27.3 Å². The van der Waals surface area contributed by atoms with Gasteiger partial charge in [0.25, 0.3) is 5.91 Å². The van der Waals surface area contributed by atoms with Crippen molar-refractivity contribution in [1.82, 2.24) is 4.72 Å². The van der Waals surface area contributed by atoms with E-state index in [4.69, 9.17) is 10.5 Å². The second-order valence-corrected chi connectivity index (χ2v) is 6.68. The van der Waals surface area contributed by atoms with Crippen LogP contribution in [0, 0.1) is 0 Å². The molecule has 1 atom stereocenters. The zero-order valence-corrected chi connectivity index (χ0v) is 11.2. The summed E-state index contributed by atoms with van der Waals surface area (Å²) in [6.45, 7) is 0.931. The number of ether oxygens (including phenoxy) is 1. The van der Waals surface area contributed by atoms with Crippen LogP contribution in [0.1, 0.15) is 22.5 Å². The Morgan fingerprint density at radius 2 is 2.39 bits per heavy atom. The van der Waals surface area contributed by atoms with Gasteiger partial charge in [-0.1, -0.05) is 0 Å². The number of carbonyl (C=O) groups excluding carboxylic acids is 1. The van der Waals surface area contributed by atoms with Gasteiger partial charge in [-0.05, 0) is 18.9 Å². The molecule has 8 heteroatoms. The maximum absolute atomic E-state index is 11.9. The monoisotopic (exact) mass is 290 g/mol. The van der Waals surface area contributed by atoms with Crippen LogP contribution in [0.5, 0.6) is 0 Å². The lowest BCUT2D eigenvalue weighted by Crippen LogP contribution is -2.31. The van der Waals surface area contributed by atoms with Crippen LogP contribution in [0.2, 0.25) is 0 Å². The van der Waals surface area contributed by atoms with Gasteiger partial charge in [0.05, 0.1) is 15.9 Å². The number of thiophene rings is 1. The molecule has 1 aliphatic heterocycles. The number of hydrogen-bond donors (Lipinski definition) is 2. The zero-order valence-electron chi connectivity index (χ0n) is 9.59. The summed E-state index contributed by atoms with van der Waals surface area (Å²) in [5, 5.41) is 1.40. The SMILES string of the molecule is NC(=O)c1cc(S(=O)(=O)NC[C@H]2CCCO2)cs1. The molecule has 0 bridgehead atoms. The first-order valence-corrected chi connectivity index (χ1v) is 7.85. The van der Waals surface area contributed by atoms with E-state index in [0.29, 0.717) is 6.61 Å². The van der Waals surface area contributed by atoms with E-state index in [9.17, 15) is 13.2 Å². The smallest absolute Gasteiger partial charge is 0.258 e. The topological polar surface area (TPSA) is 98.5 Å². The molecule has 100 valence electrons. The van der Waals surface area contributed by atoms with Crippen LogP contribution >= 0.6 is 11.3 Å². The van der Waals surface area contributed by atoms with Crippen LogP contribution in [0.4, 0.5) is 0 Å². The summed E-state index contributed by atoms with van der Waals surface area (Å²) in [5.41, 5.74) is 5.08. The maximum Gasteiger partial charge on any atom is 0.258 e. The van der Waals surface area contributed by atoms with Gasteiger partial charge in [0, 0.05) is 18.5 Å². The summed E-state index contributed by atoms with van der Waals surface area (Å²) >= 11 is 1.02. The molecule has 1 fully saturated rings. The average Bonchev–Trinajstić information content (AvgIpc) is 2.98. The highest BCUT2D eigenvalue weighted by molar-refractivity contribution is 7.89. The first kappa shape index (κ1) is 13.5. The van der Waals surface area contributed by atoms with E-state index < -0.39 is 15.9 Å². The van der Waals surface area contributed by atoms with Crippen molar-refractivity contribution in [3.8, 4) is 0 Å². The van der Waals surface area contributed by atoms with Crippen molar-refractivity contribution in [3.05, 3.63) is 16.3 Å². The van der Waals surface area contributed by atoms with Crippen LogP contribution in [-0.4, -0.2) is 33.6 Å². The molecule has 1 aromatic rings. The molecule has 1 amide bonds. The summed E-state index contributed by atoms with van der Waals surface area (Å²) in [4.78, 5) is 11.2. The number of hydrogen-bond acceptors (Lipinski definition) is 5. The number of rotatable bonds is 5. The van der Waals surface area contributed by atoms with E-state index in [2.05, 4.69) is 4.72 Å². The summed E-state index contributed by atoms with van der Waals surface area (Å²) < 4.78 is 31.6. The lowest BCUT2D eigenvalue weighted by atomic mass is 10.2. The van der Waals surface area contributed by atoms with Crippen LogP contribution in [0.25, 0.3) is 0 Å². The van der Waals surface area contributed by atoms with E-state index in [1.807, 2.05) is 0 Å². The Kier molecular flexibility index (Phi) is 4.00. The average molecular weight is 290 g/mol. The molecule has 18 heavy (non-hydrogen) atoms. The summed E-state index contributed by atoms with van der Waals surface area (Å²) in [6.07, 6.45) is 1.75. The van der Waals surface area contributed by atoms with Gasteiger partial charge in [-0.3, -0.25) is 4.79 Å². The van der Waals surface area contributed by atoms with Gasteiger partial charge in [-0.25, -0.2) is 13.1 Å². The second kappa shape index (κ2) is 5.35. The molecule has 3 N–H and O–H groups in total. The molecule has 0 spiro atoms. The van der Waals surface area contributed by atoms with Gasteiger partial charge in [-0.15, -0.1) is 11.3 Å². The molecule has 0 aromatic carbocycles. The molecule has 1 aliphatic rings. The highest BCUT2D eigenvalue weighted by Crippen LogP contribution is 2.19. The van der Waals surface area contributed by atoms with Crippen molar-refractivity contribution in [2.24, 2.45) is 5.73 Å². The molecular weight excluding hydrogens is 276 g/mol. The normalized spacial score (nSPS) is 20.1. The molecule has 0 unspecified atom stereocenters. The minimum absolute atomic E-state index is 0.0611. The standard InChI is InChI=1S/C10H14N2O4S2/c11-10(13)9-4-8(6-17-9)18(14,15)12-5-7-2-1-3-16-7/h4,6-7,12H,1-3,5H2,(H2,11,13)/t7-/m1/s1. The molecule has 2 rings (SSSR count). The van der Waals surface area contributed by atoms with E-state index in [-0.39, 0.29) is 22.4 Å². The van der Waals surface area contributed by atoms with Gasteiger partial charge >= 0.3 is 0 Å². The minimum atomic E-state index is -3.59. The predicted molar refractivity (Wildman–Crippen MR) is 67.0 cm³/mol. The maximum atomic E-state index is 11.9. The Bertz CT molecular complexity index is 532. The molecule has 1 saturated heterocycles. The Morgan fingerprint density at radius 1 is 1.61 bits per heavy atom. The molecule has 2 heterocycles. The van der Waals surface area contributed by atoms with Gasteiger partial charge in [0.15, 0.2) is 0 Å². The minimum Gasteiger partial charge on any atom is -0.377 e. The second-order valence-electron chi connectivity index (χ2n) is 4.00. The van der Waals surface area contributed by atoms with Crippen LogP contribution < -0.4 is 10.5 Å². The van der Waals surface area contributed by atoms with Gasteiger partial charge < -0.3 is 10.5 Å². The van der Waals surface area contributed by atoms with Crippen LogP contribution in [0.3, 0.4) is 0 Å². The predicted octanol–water partition coefficient (Wildman–Crippen LogP) is 0.304. The highest BCUT2D eigenvalue weighted by Gasteiger charge is 2.21. The molecule has 0 radical (unpaired) electrons. The Morgan fingerprint density at radius 3 is 2.94 bits per heavy atom. The number of primary amides is 1. The number of carbonyl (C=O) groups is 1. The fraction of sp³-hybridized carbons (Fsp3) is 0.500. The van der Waals surface area contributed by atoms with Crippen molar-refractivity contribution in [3.63, 3.8) is 0 Å². The molecule has 0 saturated carbocycles. The summed E-state index contributed by atoms with van der Waals surface area (Å²) in [7, 11) is -3.59. The zero-order chi connectivity index (χ0) is 13.2. The third-order valence-electron chi connectivity index (χ3n) is 2.65. The first-order valence-electron chi connectivity index (χ1n) is 5.48. The lowest BCUT2D eigenvalue weighted by Gasteiger charge is -2.10. The van der Waals surface area contributed by atoms with Gasteiger partial charge in [0.2, 0.25) is 10.0 Å². The van der Waals surface area contributed by atoms with Crippen LogP contribution in [-0.2, 0) is 14.8 Å². The quantitative estimate of drug-likeness (QED) is 0.815. The fourth-order valence-corrected chi connectivity index (χ4v) is 3.87. The number of nitrogens with two attached hydrogens (primary N) is 1. The van der Waals surface area contributed by atoms with Crippen LogP contribution in [0.15, 0.2) is 16.3 Å².